The van der Waals surface area contributed by atoms with Crippen molar-refractivity contribution >= 4 is 349 Å². The summed E-state index contributed by atoms with van der Waals surface area (Å²) in [5.74, 6) is -5.11. The Morgan fingerprint density at radius 3 is 0.713 bits per heavy atom. The van der Waals surface area contributed by atoms with Gasteiger partial charge >= 0.3 is 23.9 Å². The quantitative estimate of drug-likeness (QED) is 0.0196. The molecule has 0 radical (unpaired) electrons. The summed E-state index contributed by atoms with van der Waals surface area (Å²) in [6, 6.07) is 6.03. The molecule has 4 amide bonds. The first-order valence-electron chi connectivity index (χ1n) is 38.0. The molecule has 0 unspecified atom stereocenters. The van der Waals surface area contributed by atoms with Crippen molar-refractivity contribution in [1.82, 2.24) is 9.80 Å². The highest BCUT2D eigenvalue weighted by atomic mass is 16.6. The molecule has 108 heavy (non-hydrogen) atoms. The number of imide groups is 2. The molecule has 16 heteroatoms. The van der Waals surface area contributed by atoms with E-state index < -0.39 is 70.2 Å². The number of nitrogens with zero attached hydrogens (tertiary/aromatic N) is 2. The van der Waals surface area contributed by atoms with E-state index in [0.29, 0.717) is 0 Å². The van der Waals surface area contributed by atoms with Gasteiger partial charge in [-0.3, -0.25) is 48.2 Å². The lowest BCUT2D eigenvalue weighted by atomic mass is 9.68. The molecule has 2 spiro atoms. The molecular weight excluding hydrogens is 1360 g/mol. The van der Waals surface area contributed by atoms with E-state index >= 15 is 9.59 Å². The average molecular weight is 1390 g/mol. The van der Waals surface area contributed by atoms with Gasteiger partial charge in [-0.25, -0.2) is 0 Å². The smallest absolute Gasteiger partial charge is 0.326 e. The number of rotatable bonds is 18. The highest BCUT2D eigenvalue weighted by molar-refractivity contribution is 6.83. The number of hydrogen-bond donors (Lipinski definition) is 0. The zero-order valence-corrected chi connectivity index (χ0v) is 56.2. The van der Waals surface area contributed by atoms with Gasteiger partial charge in [-0.2, -0.15) is 0 Å². The molecule has 0 bridgehead atoms. The molecule has 5 aliphatic carbocycles. The SMILES string of the molecule is CCOC(=O)CC(=O)OCCOCCN1C(=O)c2ccc3c4c(ccc(c24)C1=O)C(=O)N(CCOCCOC(=O)C1(C(=O)OCC)C24c5c6c7c8c9c%10c(c%11c%12c2c2c5c5c%13c6c6c7c7c9c9c%14c%10c%10c%11c%11c%12c%12c2c2c5c5c%13c%13c6c6c7c9c7c9c%14c%10c%10c%11c%11c%12c2c2c5c5c%13c6c7c6c9c%10c%11c2c56)C814)C3=O. The Morgan fingerprint density at radius 2 is 0.472 bits per heavy atom. The molecule has 2 aliphatic heterocycles. The zero-order valence-electron chi connectivity index (χ0n) is 56.2. The highest BCUT2D eigenvalue weighted by Gasteiger charge is 3.01. The fourth-order valence-electron chi connectivity index (χ4n) is 30.3. The van der Waals surface area contributed by atoms with Crippen LogP contribution in [-0.2, 0) is 58.4 Å². The van der Waals surface area contributed by atoms with Crippen molar-refractivity contribution in [2.45, 2.75) is 31.1 Å². The van der Waals surface area contributed by atoms with Crippen LogP contribution in [0.4, 0.5) is 0 Å². The van der Waals surface area contributed by atoms with Crippen LogP contribution < -0.4 is 0 Å². The second kappa shape index (κ2) is 13.3. The number of benzene rings is 20. The van der Waals surface area contributed by atoms with Crippen molar-refractivity contribution in [2.75, 3.05) is 65.9 Å². The normalized spacial score (nSPS) is 20.9. The molecule has 0 saturated heterocycles. The number of carbonyl (C=O) groups is 8. The molecule has 30 aromatic rings. The van der Waals surface area contributed by atoms with Crippen LogP contribution in [0.15, 0.2) is 24.3 Å². The van der Waals surface area contributed by atoms with Gasteiger partial charge in [0.15, 0.2) is 5.41 Å². The molecule has 0 aromatic heterocycles. The number of amides is 4. The average Bonchev–Trinajstić information content (AvgIpc) is 1.35. The topological polar surface area (TPSA) is 198 Å². The minimum absolute atomic E-state index is 0.0508. The van der Waals surface area contributed by atoms with Gasteiger partial charge in [0.1, 0.15) is 19.6 Å². The third-order valence-corrected chi connectivity index (χ3v) is 31.8. The molecule has 7 aliphatic rings. The van der Waals surface area contributed by atoms with Crippen molar-refractivity contribution < 1.29 is 66.8 Å². The van der Waals surface area contributed by atoms with Crippen LogP contribution in [0.25, 0.3) is 302 Å². The summed E-state index contributed by atoms with van der Waals surface area (Å²) in [4.78, 5) is 118. The maximum Gasteiger partial charge on any atom is 0.326 e. The van der Waals surface area contributed by atoms with E-state index in [0.717, 1.165) is 32.1 Å². The van der Waals surface area contributed by atoms with Crippen molar-refractivity contribution in [2.24, 2.45) is 5.41 Å². The molecule has 494 valence electrons. The summed E-state index contributed by atoms with van der Waals surface area (Å²) >= 11 is 0. The monoisotopic (exact) mass is 1390 g/mol. The number of hydrogen-bond acceptors (Lipinski definition) is 14. The van der Waals surface area contributed by atoms with Gasteiger partial charge in [-0.05, 0) is 351 Å². The summed E-state index contributed by atoms with van der Waals surface area (Å²) in [7, 11) is 0. The van der Waals surface area contributed by atoms with Crippen molar-refractivity contribution in [3.63, 3.8) is 0 Å². The molecule has 0 atom stereocenters. The fourth-order valence-corrected chi connectivity index (χ4v) is 30.3. The Balaban J connectivity index is 0.539. The van der Waals surface area contributed by atoms with E-state index in [2.05, 4.69) is 0 Å². The van der Waals surface area contributed by atoms with Gasteiger partial charge in [0.25, 0.3) is 23.6 Å². The van der Waals surface area contributed by atoms with Crippen LogP contribution in [0.5, 0.6) is 0 Å². The van der Waals surface area contributed by atoms with Crippen molar-refractivity contribution in [1.29, 1.82) is 0 Å². The van der Waals surface area contributed by atoms with Crippen LogP contribution in [0.2, 0.25) is 0 Å². The summed E-state index contributed by atoms with van der Waals surface area (Å²) in [6.45, 7) is 2.62. The van der Waals surface area contributed by atoms with E-state index in [-0.39, 0.29) is 99.0 Å². The third kappa shape index (κ3) is 3.47. The molecule has 1 saturated carbocycles. The molecular formula is C92H32N2O14. The van der Waals surface area contributed by atoms with Gasteiger partial charge in [0, 0.05) is 33.0 Å². The standard InChI is InChI=1S/C92H32N2O14/c1-3-105-22(95)17-23(96)107-15-13-103-11-9-93-84(97)18-5-7-20-25-21(8-6-19(24(18)25)85(93)98)87(100)94(86(20)99)10-12-104-14-16-108-89(102)92(88(101)106-4-2)90-80-72-64-54-44-36-28-26-27-30-34-32(28)40-48-42(34)52-46-38(30)39-31(27)35-33-29(26)37(36)45-51-41(33)49-43(35)53-47(39)57-56(46)66-60(52)70-62(48)68(58(64)50(40)44)76(80)78(70)82-74(66)75-67(57)61(53)71-63(49)69-59(51)65(55(45)54)73(72)81(90)77(69)79(71)83(75)91(82,90)92/h5-8H,3-4,9-17H2,1-2H3. The molecule has 37 rings (SSSR count). The van der Waals surface area contributed by atoms with Crippen LogP contribution in [0, 0.1) is 5.41 Å². The lowest BCUT2D eigenvalue weighted by molar-refractivity contribution is -0.167. The lowest BCUT2D eigenvalue weighted by Crippen LogP contribution is -2.45. The molecule has 0 N–H and O–H groups in total. The van der Waals surface area contributed by atoms with Crippen LogP contribution in [-0.4, -0.2) is 123 Å². The van der Waals surface area contributed by atoms with E-state index in [1.807, 2.05) is 6.92 Å². The summed E-state index contributed by atoms with van der Waals surface area (Å²) < 4.78 is 35.6. The maximum atomic E-state index is 17.6. The number of carbonyl (C=O) groups excluding carboxylic acids is 8. The van der Waals surface area contributed by atoms with Crippen LogP contribution >= 0.6 is 0 Å². The Hall–Kier alpha value is -12.8. The molecule has 16 nitrogen and oxygen atoms in total. The number of ether oxygens (including phenoxy) is 6. The van der Waals surface area contributed by atoms with E-state index in [9.17, 15) is 28.8 Å². The van der Waals surface area contributed by atoms with Crippen LogP contribution in [0.3, 0.4) is 0 Å². The van der Waals surface area contributed by atoms with Gasteiger partial charge < -0.3 is 28.4 Å². The minimum Gasteiger partial charge on any atom is -0.466 e. The second-order valence-electron chi connectivity index (χ2n) is 33.9. The van der Waals surface area contributed by atoms with Gasteiger partial charge in [-0.1, -0.05) is 0 Å². The predicted octanol–water partition coefficient (Wildman–Crippen LogP) is 17.0. The Kier molecular flexibility index (Phi) is 6.14. The van der Waals surface area contributed by atoms with E-state index in [1.165, 1.54) is 315 Å². The van der Waals surface area contributed by atoms with Crippen molar-refractivity contribution in [3.8, 4) is 0 Å². The molecule has 1 fully saturated rings. The Bertz CT molecular complexity index is 8790. The first-order chi connectivity index (χ1) is 53.1. The first-order valence-corrected chi connectivity index (χ1v) is 38.0. The number of esters is 4. The first kappa shape index (κ1) is 49.9. The lowest BCUT2D eigenvalue weighted by Gasteiger charge is -2.32. The summed E-state index contributed by atoms with van der Waals surface area (Å²) in [5.41, 5.74) is 0.667. The fraction of sp³-hybridized carbons (Fsp3) is 0.174. The molecule has 30 aromatic carbocycles. The Morgan fingerprint density at radius 1 is 0.259 bits per heavy atom. The second-order valence-corrected chi connectivity index (χ2v) is 33.9. The van der Waals surface area contributed by atoms with E-state index in [4.69, 9.17) is 28.4 Å². The van der Waals surface area contributed by atoms with Crippen molar-refractivity contribution in [3.05, 3.63) is 68.8 Å². The maximum absolute atomic E-state index is 17.6. The zero-order chi connectivity index (χ0) is 69.1. The van der Waals surface area contributed by atoms with Crippen LogP contribution in [0.1, 0.15) is 84.0 Å². The van der Waals surface area contributed by atoms with Gasteiger partial charge in [-0.15, -0.1) is 0 Å². The largest absolute Gasteiger partial charge is 0.466 e. The molecule has 2 heterocycles. The van der Waals surface area contributed by atoms with E-state index in [1.54, 1.807) is 6.92 Å². The minimum atomic E-state index is -1.95. The predicted molar refractivity (Wildman–Crippen MR) is 412 cm³/mol. The van der Waals surface area contributed by atoms with Gasteiger partial charge in [0.2, 0.25) is 0 Å². The summed E-state index contributed by atoms with van der Waals surface area (Å²) in [5, 5.41) is 75.7. The Labute approximate surface area is 593 Å². The summed E-state index contributed by atoms with van der Waals surface area (Å²) in [6.07, 6.45) is -0.533. The van der Waals surface area contributed by atoms with Gasteiger partial charge in [0.05, 0.1) is 63.6 Å². The highest BCUT2D eigenvalue weighted by Crippen LogP contribution is 2.97. The third-order valence-electron chi connectivity index (χ3n) is 31.8.